The minimum atomic E-state index is -0.623. The Morgan fingerprint density at radius 3 is 2.73 bits per heavy atom. The Kier molecular flexibility index (Phi) is 7.60. The number of amides is 2. The van der Waals surface area contributed by atoms with Crippen LogP contribution in [-0.4, -0.2) is 21.3 Å². The number of carbonyl (C=O) groups excluding carboxylic acids is 2. The van der Waals surface area contributed by atoms with Gasteiger partial charge in [0, 0.05) is 37.2 Å². The molecule has 0 bridgehead atoms. The highest BCUT2D eigenvalue weighted by Crippen LogP contribution is 2.20. The molecule has 0 fully saturated rings. The number of aromatic nitrogens is 1. The van der Waals surface area contributed by atoms with Crippen LogP contribution in [0.25, 0.3) is 11.1 Å². The number of fused-ring (bicyclic) bond motifs is 1. The van der Waals surface area contributed by atoms with Crippen molar-refractivity contribution in [3.8, 4) is 0 Å². The number of hydrogen-bond donors (Lipinski definition) is 2. The zero-order valence-electron chi connectivity index (χ0n) is 18.5. The number of benzene rings is 2. The van der Waals surface area contributed by atoms with Crippen molar-refractivity contribution in [2.24, 2.45) is 5.92 Å². The average Bonchev–Trinajstić information content (AvgIpc) is 3.11. The van der Waals surface area contributed by atoms with E-state index in [1.165, 1.54) is 22.8 Å². The second kappa shape index (κ2) is 10.6. The van der Waals surface area contributed by atoms with Crippen LogP contribution in [0.4, 0.5) is 11.4 Å². The van der Waals surface area contributed by atoms with E-state index in [1.807, 2.05) is 32.0 Å². The Hall–Kier alpha value is -3.95. The molecule has 0 spiro atoms. The highest BCUT2D eigenvalue weighted by atomic mass is 16.6. The lowest BCUT2D eigenvalue weighted by Crippen LogP contribution is -2.24. The van der Waals surface area contributed by atoms with Crippen LogP contribution < -0.4 is 16.4 Å². The molecule has 3 aromatic rings. The number of hydrogen-bond acceptors (Lipinski definition) is 6. The highest BCUT2D eigenvalue weighted by Gasteiger charge is 2.14. The Labute approximate surface area is 189 Å². The third-order valence-corrected chi connectivity index (χ3v) is 5.39. The van der Waals surface area contributed by atoms with Crippen molar-refractivity contribution in [1.29, 1.82) is 0 Å². The van der Waals surface area contributed by atoms with Crippen LogP contribution >= 0.6 is 0 Å². The maximum Gasteiger partial charge on any atom is 0.419 e. The summed E-state index contributed by atoms with van der Waals surface area (Å²) < 4.78 is 6.44. The first kappa shape index (κ1) is 23.7. The predicted octanol–water partition coefficient (Wildman–Crippen LogP) is 3.58. The van der Waals surface area contributed by atoms with Crippen molar-refractivity contribution in [1.82, 2.24) is 9.88 Å². The van der Waals surface area contributed by atoms with Crippen LogP contribution in [0.2, 0.25) is 0 Å². The van der Waals surface area contributed by atoms with Crippen LogP contribution in [0.1, 0.15) is 38.7 Å². The van der Waals surface area contributed by atoms with Crippen molar-refractivity contribution in [3.63, 3.8) is 0 Å². The number of oxazole rings is 1. The number of nitro groups is 1. The highest BCUT2D eigenvalue weighted by molar-refractivity contribution is 5.92. The number of rotatable bonds is 10. The first-order valence-electron chi connectivity index (χ1n) is 10.7. The van der Waals surface area contributed by atoms with Gasteiger partial charge < -0.3 is 15.1 Å². The average molecular weight is 454 g/mol. The van der Waals surface area contributed by atoms with Gasteiger partial charge in [0.15, 0.2) is 5.58 Å². The lowest BCUT2D eigenvalue weighted by Gasteiger charge is -2.11. The molecule has 0 radical (unpaired) electrons. The largest absolute Gasteiger partial charge is 0.419 e. The molecule has 0 saturated heterocycles. The summed E-state index contributed by atoms with van der Waals surface area (Å²) >= 11 is 0. The summed E-state index contributed by atoms with van der Waals surface area (Å²) in [6.45, 7) is 4.37. The van der Waals surface area contributed by atoms with E-state index < -0.39 is 10.7 Å². The van der Waals surface area contributed by atoms with Gasteiger partial charge in [-0.05, 0) is 36.6 Å². The molecular formula is C23H26N4O6. The van der Waals surface area contributed by atoms with Gasteiger partial charge in [-0.15, -0.1) is 0 Å². The molecule has 174 valence electrons. The zero-order chi connectivity index (χ0) is 24.0. The molecule has 0 aliphatic rings. The molecule has 0 aliphatic heterocycles. The normalized spacial score (nSPS) is 11.8. The molecule has 3 rings (SSSR count). The summed E-state index contributed by atoms with van der Waals surface area (Å²) in [5.74, 6) is -0.929. The molecule has 1 atom stereocenters. The van der Waals surface area contributed by atoms with Crippen molar-refractivity contribution in [3.05, 3.63) is 68.7 Å². The molecular weight excluding hydrogens is 428 g/mol. The molecule has 10 heteroatoms. The first-order chi connectivity index (χ1) is 15.8. The summed E-state index contributed by atoms with van der Waals surface area (Å²) in [4.78, 5) is 46.7. The minimum Gasteiger partial charge on any atom is -0.407 e. The summed E-state index contributed by atoms with van der Waals surface area (Å²) in [5.41, 5.74) is 1.95. The number of carbonyl (C=O) groups is 2. The minimum absolute atomic E-state index is 0.0460. The number of nitrogens with one attached hydrogen (secondary N) is 2. The third kappa shape index (κ3) is 6.06. The Morgan fingerprint density at radius 1 is 1.21 bits per heavy atom. The van der Waals surface area contributed by atoms with Crippen LogP contribution in [0, 0.1) is 16.0 Å². The zero-order valence-corrected chi connectivity index (χ0v) is 18.5. The predicted molar refractivity (Wildman–Crippen MR) is 123 cm³/mol. The van der Waals surface area contributed by atoms with Gasteiger partial charge in [0.05, 0.1) is 16.5 Å². The van der Waals surface area contributed by atoms with Crippen LogP contribution in [0.15, 0.2) is 51.7 Å². The molecule has 0 saturated carbocycles. The number of non-ortho nitro benzene ring substituents is 1. The second-order valence-corrected chi connectivity index (χ2v) is 7.81. The van der Waals surface area contributed by atoms with Gasteiger partial charge in [-0.3, -0.25) is 24.3 Å². The van der Waals surface area contributed by atoms with Crippen molar-refractivity contribution in [2.45, 2.75) is 46.2 Å². The Balaban J connectivity index is 1.51. The monoisotopic (exact) mass is 454 g/mol. The molecule has 2 aromatic carbocycles. The standard InChI is InChI=1S/C23H26N4O6/c1-3-15(2)22(29)25-17-7-4-6-16(12-17)14-24-21(28)8-5-11-26-19-10-9-18(27(31)32)13-20(19)33-23(26)30/h4,6-7,9-10,12-13,15H,3,5,8,11,14H2,1-2H3,(H,24,28)(H,25,29). The van der Waals surface area contributed by atoms with E-state index in [0.717, 1.165) is 12.0 Å². The van der Waals surface area contributed by atoms with E-state index in [9.17, 15) is 24.5 Å². The fraction of sp³-hybridized carbons (Fsp3) is 0.348. The topological polar surface area (TPSA) is 136 Å². The van der Waals surface area contributed by atoms with Gasteiger partial charge >= 0.3 is 5.76 Å². The maximum atomic E-state index is 12.2. The van der Waals surface area contributed by atoms with Crippen LogP contribution in [0.5, 0.6) is 0 Å². The van der Waals surface area contributed by atoms with Gasteiger partial charge in [0.1, 0.15) is 0 Å². The van der Waals surface area contributed by atoms with Gasteiger partial charge in [-0.2, -0.15) is 0 Å². The summed E-state index contributed by atoms with van der Waals surface area (Å²) in [6.07, 6.45) is 1.33. The summed E-state index contributed by atoms with van der Waals surface area (Å²) in [6, 6.07) is 11.3. The quantitative estimate of drug-likeness (QED) is 0.355. The van der Waals surface area contributed by atoms with Crippen molar-refractivity contribution < 1.29 is 18.9 Å². The lowest BCUT2D eigenvalue weighted by molar-refractivity contribution is -0.384. The van der Waals surface area contributed by atoms with E-state index >= 15 is 0 Å². The summed E-state index contributed by atoms with van der Waals surface area (Å²) in [5, 5.41) is 16.6. The van der Waals surface area contributed by atoms with Gasteiger partial charge in [-0.1, -0.05) is 26.0 Å². The number of nitrogens with zero attached hydrogens (tertiary/aromatic N) is 2. The second-order valence-electron chi connectivity index (χ2n) is 7.81. The van der Waals surface area contributed by atoms with Crippen molar-refractivity contribution in [2.75, 3.05) is 5.32 Å². The first-order valence-corrected chi connectivity index (χ1v) is 10.7. The third-order valence-electron chi connectivity index (χ3n) is 5.39. The van der Waals surface area contributed by atoms with Crippen LogP contribution in [-0.2, 0) is 22.7 Å². The van der Waals surface area contributed by atoms with Crippen LogP contribution in [0.3, 0.4) is 0 Å². The van der Waals surface area contributed by atoms with Gasteiger partial charge in [0.2, 0.25) is 11.8 Å². The fourth-order valence-electron chi connectivity index (χ4n) is 3.28. The number of anilines is 1. The molecule has 2 N–H and O–H groups in total. The van der Waals surface area contributed by atoms with E-state index in [2.05, 4.69) is 10.6 Å². The molecule has 33 heavy (non-hydrogen) atoms. The molecule has 1 unspecified atom stereocenters. The van der Waals surface area contributed by atoms with Crippen molar-refractivity contribution >= 4 is 34.3 Å². The molecule has 2 amide bonds. The van der Waals surface area contributed by atoms with E-state index in [1.54, 1.807) is 6.07 Å². The Bertz CT molecular complexity index is 1230. The maximum absolute atomic E-state index is 12.2. The molecule has 0 aliphatic carbocycles. The SMILES string of the molecule is CCC(C)C(=O)Nc1cccc(CNC(=O)CCCn2c(=O)oc3cc([N+](=O)[O-])ccc32)c1. The number of nitro benzene ring substituents is 1. The molecule has 1 aromatic heterocycles. The smallest absolute Gasteiger partial charge is 0.407 e. The summed E-state index contributed by atoms with van der Waals surface area (Å²) in [7, 11) is 0. The number of aryl methyl sites for hydroxylation is 1. The molecule has 10 nitrogen and oxygen atoms in total. The van der Waals surface area contributed by atoms with E-state index in [0.29, 0.717) is 24.2 Å². The van der Waals surface area contributed by atoms with E-state index in [4.69, 9.17) is 4.42 Å². The van der Waals surface area contributed by atoms with Gasteiger partial charge in [0.25, 0.3) is 5.69 Å². The van der Waals surface area contributed by atoms with Gasteiger partial charge in [-0.25, -0.2) is 4.79 Å². The molecule has 1 heterocycles. The Morgan fingerprint density at radius 2 is 2.00 bits per heavy atom. The van der Waals surface area contributed by atoms with E-state index in [-0.39, 0.29) is 42.0 Å². The lowest BCUT2D eigenvalue weighted by atomic mass is 10.1. The fourth-order valence-corrected chi connectivity index (χ4v) is 3.28.